The summed E-state index contributed by atoms with van der Waals surface area (Å²) < 4.78 is 0. The Bertz CT molecular complexity index is 215. The van der Waals surface area contributed by atoms with Gasteiger partial charge in [-0.3, -0.25) is 9.69 Å². The van der Waals surface area contributed by atoms with Crippen LogP contribution >= 0.6 is 0 Å². The molecule has 3 heteroatoms. The highest BCUT2D eigenvalue weighted by Gasteiger charge is 2.29. The first-order valence-corrected chi connectivity index (χ1v) is 4.63. The van der Waals surface area contributed by atoms with Crippen molar-refractivity contribution in [1.82, 2.24) is 4.90 Å². The van der Waals surface area contributed by atoms with Crippen molar-refractivity contribution in [2.45, 2.75) is 31.7 Å². The lowest BCUT2D eigenvalue weighted by molar-refractivity contribution is -0.138. The molecule has 0 unspecified atom stereocenters. The van der Waals surface area contributed by atoms with E-state index in [2.05, 4.69) is 5.92 Å². The molecule has 0 heterocycles. The van der Waals surface area contributed by atoms with Gasteiger partial charge in [0.2, 0.25) is 0 Å². The van der Waals surface area contributed by atoms with Crippen molar-refractivity contribution < 1.29 is 9.90 Å². The second-order valence-corrected chi connectivity index (χ2v) is 3.40. The molecule has 1 aliphatic rings. The molecule has 0 aromatic rings. The van der Waals surface area contributed by atoms with Crippen LogP contribution in [0.5, 0.6) is 0 Å². The van der Waals surface area contributed by atoms with Gasteiger partial charge in [0.25, 0.3) is 0 Å². The fourth-order valence-electron chi connectivity index (χ4n) is 1.39. The molecule has 72 valence electrons. The van der Waals surface area contributed by atoms with Gasteiger partial charge in [-0.25, -0.2) is 0 Å². The van der Waals surface area contributed by atoms with Crippen LogP contribution in [0.2, 0.25) is 0 Å². The van der Waals surface area contributed by atoms with Crippen LogP contribution in [0.1, 0.15) is 25.7 Å². The molecule has 1 N–H and O–H groups in total. The third kappa shape index (κ3) is 3.95. The van der Waals surface area contributed by atoms with Crippen LogP contribution in [0.4, 0.5) is 0 Å². The molecule has 0 radical (unpaired) electrons. The molecule has 1 saturated carbocycles. The van der Waals surface area contributed by atoms with Crippen molar-refractivity contribution in [1.29, 1.82) is 0 Å². The van der Waals surface area contributed by atoms with E-state index in [1.807, 2.05) is 4.90 Å². The summed E-state index contributed by atoms with van der Waals surface area (Å²) in [6, 6.07) is 0.508. The Morgan fingerprint density at radius 3 is 2.77 bits per heavy atom. The number of terminal acetylenes is 1. The maximum atomic E-state index is 10.5. The van der Waals surface area contributed by atoms with Gasteiger partial charge in [0.15, 0.2) is 0 Å². The van der Waals surface area contributed by atoms with Gasteiger partial charge in [-0.2, -0.15) is 0 Å². The molecule has 1 fully saturated rings. The highest BCUT2D eigenvalue weighted by atomic mass is 16.4. The molecule has 0 amide bonds. The number of hydrogen-bond donors (Lipinski definition) is 1. The summed E-state index contributed by atoms with van der Waals surface area (Å²) in [6.45, 7) is 0.983. The highest BCUT2D eigenvalue weighted by molar-refractivity contribution is 5.69. The molecular weight excluding hydrogens is 166 g/mol. The average molecular weight is 181 g/mol. The predicted octanol–water partition coefficient (Wildman–Crippen LogP) is 0.949. The molecule has 0 aliphatic heterocycles. The Kier molecular flexibility index (Phi) is 3.78. The smallest absolute Gasteiger partial charge is 0.317 e. The minimum absolute atomic E-state index is 0.162. The number of nitrogens with zero attached hydrogens (tertiary/aromatic N) is 1. The topological polar surface area (TPSA) is 40.5 Å². The number of aliphatic carboxylic acids is 1. The van der Waals surface area contributed by atoms with Gasteiger partial charge in [0.1, 0.15) is 0 Å². The van der Waals surface area contributed by atoms with E-state index in [-0.39, 0.29) is 6.54 Å². The monoisotopic (exact) mass is 181 g/mol. The number of carbonyl (C=O) groups is 1. The molecule has 1 aliphatic carbocycles. The van der Waals surface area contributed by atoms with Gasteiger partial charge in [0, 0.05) is 12.5 Å². The Labute approximate surface area is 78.7 Å². The third-order valence-electron chi connectivity index (χ3n) is 2.17. The summed E-state index contributed by atoms with van der Waals surface area (Å²) in [5, 5.41) is 8.64. The number of rotatable bonds is 6. The number of unbranched alkanes of at least 4 members (excludes halogenated alkanes) is 1. The summed E-state index contributed by atoms with van der Waals surface area (Å²) in [4.78, 5) is 12.5. The molecule has 0 aromatic heterocycles. The van der Waals surface area contributed by atoms with Gasteiger partial charge in [-0.1, -0.05) is 0 Å². The van der Waals surface area contributed by atoms with Crippen LogP contribution < -0.4 is 0 Å². The van der Waals surface area contributed by atoms with Crippen molar-refractivity contribution in [2.24, 2.45) is 0 Å². The van der Waals surface area contributed by atoms with Gasteiger partial charge in [-0.15, -0.1) is 12.3 Å². The molecule has 0 spiro atoms. The van der Waals surface area contributed by atoms with Crippen molar-refractivity contribution in [3.05, 3.63) is 0 Å². The van der Waals surface area contributed by atoms with Crippen molar-refractivity contribution in [3.63, 3.8) is 0 Å². The van der Waals surface area contributed by atoms with E-state index < -0.39 is 5.97 Å². The Balaban J connectivity index is 2.22. The Morgan fingerprint density at radius 2 is 2.31 bits per heavy atom. The van der Waals surface area contributed by atoms with Crippen LogP contribution in [0, 0.1) is 12.3 Å². The lowest BCUT2D eigenvalue weighted by Gasteiger charge is -2.18. The lowest BCUT2D eigenvalue weighted by atomic mass is 10.3. The number of carboxylic acids is 1. The number of carboxylic acid groups (broad SMARTS) is 1. The molecule has 0 bridgehead atoms. The highest BCUT2D eigenvalue weighted by Crippen LogP contribution is 2.26. The summed E-state index contributed by atoms with van der Waals surface area (Å²) in [5.41, 5.74) is 0. The van der Waals surface area contributed by atoms with Gasteiger partial charge in [0.05, 0.1) is 6.54 Å². The summed E-state index contributed by atoms with van der Waals surface area (Å²) in [6.07, 6.45) is 9.05. The SMILES string of the molecule is C#CCCCN(CC(=O)O)C1CC1. The van der Waals surface area contributed by atoms with Crippen LogP contribution in [0.15, 0.2) is 0 Å². The minimum atomic E-state index is -0.743. The van der Waals surface area contributed by atoms with E-state index in [1.165, 1.54) is 0 Å². The zero-order chi connectivity index (χ0) is 9.68. The van der Waals surface area contributed by atoms with E-state index in [0.717, 1.165) is 32.2 Å². The van der Waals surface area contributed by atoms with E-state index in [9.17, 15) is 4.79 Å². The predicted molar refractivity (Wildman–Crippen MR) is 50.3 cm³/mol. The fourth-order valence-corrected chi connectivity index (χ4v) is 1.39. The lowest BCUT2D eigenvalue weighted by Crippen LogP contribution is -2.32. The molecule has 1 rings (SSSR count). The van der Waals surface area contributed by atoms with Crippen molar-refractivity contribution in [2.75, 3.05) is 13.1 Å². The maximum Gasteiger partial charge on any atom is 0.317 e. The summed E-state index contributed by atoms with van der Waals surface area (Å²) in [5.74, 6) is 1.82. The Morgan fingerprint density at radius 1 is 1.62 bits per heavy atom. The first-order chi connectivity index (χ1) is 6.24. The molecule has 13 heavy (non-hydrogen) atoms. The summed E-state index contributed by atoms with van der Waals surface area (Å²) in [7, 11) is 0. The van der Waals surface area contributed by atoms with E-state index in [1.54, 1.807) is 0 Å². The average Bonchev–Trinajstić information content (AvgIpc) is 2.84. The second kappa shape index (κ2) is 4.88. The molecule has 0 saturated heterocycles. The first kappa shape index (κ1) is 10.1. The minimum Gasteiger partial charge on any atom is -0.480 e. The van der Waals surface area contributed by atoms with Crippen LogP contribution in [-0.2, 0) is 4.79 Å². The normalized spacial score (nSPS) is 15.7. The zero-order valence-corrected chi connectivity index (χ0v) is 7.70. The van der Waals surface area contributed by atoms with Gasteiger partial charge in [-0.05, 0) is 25.8 Å². The van der Waals surface area contributed by atoms with Crippen LogP contribution in [0.3, 0.4) is 0 Å². The third-order valence-corrected chi connectivity index (χ3v) is 2.17. The molecule has 0 atom stereocenters. The zero-order valence-electron chi connectivity index (χ0n) is 7.70. The fraction of sp³-hybridized carbons (Fsp3) is 0.700. The molecule has 0 aromatic carbocycles. The summed E-state index contributed by atoms with van der Waals surface area (Å²) >= 11 is 0. The molecular formula is C10H15NO2. The van der Waals surface area contributed by atoms with Crippen LogP contribution in [-0.4, -0.2) is 35.1 Å². The standard InChI is InChI=1S/C10H15NO2/c1-2-3-4-7-11(8-10(12)13)9-5-6-9/h1,9H,3-8H2,(H,12,13). The Hall–Kier alpha value is -1.01. The van der Waals surface area contributed by atoms with E-state index in [4.69, 9.17) is 11.5 Å². The maximum absolute atomic E-state index is 10.5. The van der Waals surface area contributed by atoms with E-state index in [0.29, 0.717) is 6.04 Å². The van der Waals surface area contributed by atoms with E-state index >= 15 is 0 Å². The van der Waals surface area contributed by atoms with Gasteiger partial charge < -0.3 is 5.11 Å². The largest absolute Gasteiger partial charge is 0.480 e. The second-order valence-electron chi connectivity index (χ2n) is 3.40. The first-order valence-electron chi connectivity index (χ1n) is 4.63. The van der Waals surface area contributed by atoms with Crippen molar-refractivity contribution in [3.8, 4) is 12.3 Å². The van der Waals surface area contributed by atoms with Gasteiger partial charge >= 0.3 is 5.97 Å². The van der Waals surface area contributed by atoms with Crippen LogP contribution in [0.25, 0.3) is 0 Å². The quantitative estimate of drug-likeness (QED) is 0.490. The van der Waals surface area contributed by atoms with Crippen molar-refractivity contribution >= 4 is 5.97 Å². The number of hydrogen-bond acceptors (Lipinski definition) is 2. The molecule has 3 nitrogen and oxygen atoms in total.